The minimum Gasteiger partial charge on any atom is -0.297 e. The van der Waals surface area contributed by atoms with Gasteiger partial charge in [0, 0.05) is 0 Å². The van der Waals surface area contributed by atoms with Crippen molar-refractivity contribution in [3.63, 3.8) is 0 Å². The molecule has 0 radical (unpaired) electrons. The lowest BCUT2D eigenvalue weighted by Crippen LogP contribution is -2.05. The first-order chi connectivity index (χ1) is 5.77. The molecule has 62 valence electrons. The Hall–Kier alpha value is -1.37. The Balaban J connectivity index is 2.95. The highest BCUT2D eigenvalue weighted by molar-refractivity contribution is 5.33. The Morgan fingerprint density at radius 2 is 2.33 bits per heavy atom. The number of nitrogens with two attached hydrogens (primary N) is 1. The Morgan fingerprint density at radius 1 is 1.58 bits per heavy atom. The van der Waals surface area contributed by atoms with Crippen molar-refractivity contribution in [1.82, 2.24) is 0 Å². The van der Waals surface area contributed by atoms with Crippen molar-refractivity contribution < 1.29 is 4.84 Å². The molecule has 2 N–H and O–H groups in total. The third-order valence-electron chi connectivity index (χ3n) is 1.69. The van der Waals surface area contributed by atoms with Crippen molar-refractivity contribution in [3.8, 4) is 6.07 Å². The lowest BCUT2D eigenvalue weighted by atomic mass is 10.1. The van der Waals surface area contributed by atoms with Gasteiger partial charge in [-0.3, -0.25) is 4.84 Å². The van der Waals surface area contributed by atoms with Gasteiger partial charge in [0.25, 0.3) is 0 Å². The minimum atomic E-state index is -0.168. The molecule has 0 saturated carbocycles. The first-order valence-electron chi connectivity index (χ1n) is 3.63. The van der Waals surface area contributed by atoms with Crippen molar-refractivity contribution in [2.75, 3.05) is 0 Å². The van der Waals surface area contributed by atoms with Gasteiger partial charge in [0.05, 0.1) is 11.6 Å². The Kier molecular flexibility index (Phi) is 2.81. The van der Waals surface area contributed by atoms with Gasteiger partial charge >= 0.3 is 0 Å². The highest BCUT2D eigenvalue weighted by atomic mass is 16.6. The van der Waals surface area contributed by atoms with Gasteiger partial charge in [0.2, 0.25) is 0 Å². The molecule has 0 spiro atoms. The maximum Gasteiger partial charge on any atom is 0.101 e. The second kappa shape index (κ2) is 3.86. The van der Waals surface area contributed by atoms with E-state index in [9.17, 15) is 0 Å². The maximum absolute atomic E-state index is 8.59. The summed E-state index contributed by atoms with van der Waals surface area (Å²) in [5, 5.41) is 8.59. The van der Waals surface area contributed by atoms with E-state index in [2.05, 4.69) is 4.84 Å². The molecule has 1 unspecified atom stereocenters. The molecule has 0 aromatic heterocycles. The summed E-state index contributed by atoms with van der Waals surface area (Å²) in [7, 11) is 0. The van der Waals surface area contributed by atoms with E-state index in [-0.39, 0.29) is 6.10 Å². The molecule has 0 aliphatic rings. The standard InChI is InChI=1S/C9H10N2O/c1-7(12-11)9-4-2-3-8(5-9)6-10/h2-5,7H,11H2,1H3. The second-order valence-corrected chi connectivity index (χ2v) is 2.52. The van der Waals surface area contributed by atoms with E-state index in [4.69, 9.17) is 11.2 Å². The summed E-state index contributed by atoms with van der Waals surface area (Å²) >= 11 is 0. The van der Waals surface area contributed by atoms with Gasteiger partial charge in [-0.1, -0.05) is 12.1 Å². The first-order valence-corrected chi connectivity index (χ1v) is 3.63. The Bertz CT molecular complexity index is 304. The Labute approximate surface area is 71.3 Å². The van der Waals surface area contributed by atoms with Crippen LogP contribution >= 0.6 is 0 Å². The third-order valence-corrected chi connectivity index (χ3v) is 1.69. The molecule has 3 heteroatoms. The summed E-state index contributed by atoms with van der Waals surface area (Å²) < 4.78 is 0. The van der Waals surface area contributed by atoms with Gasteiger partial charge in [-0.15, -0.1) is 0 Å². The van der Waals surface area contributed by atoms with Crippen LogP contribution in [-0.4, -0.2) is 0 Å². The summed E-state index contributed by atoms with van der Waals surface area (Å²) in [5.74, 6) is 5.01. The van der Waals surface area contributed by atoms with Crippen molar-refractivity contribution in [3.05, 3.63) is 35.4 Å². The fraction of sp³-hybridized carbons (Fsp3) is 0.222. The van der Waals surface area contributed by atoms with Gasteiger partial charge in [0.15, 0.2) is 0 Å². The number of hydrogen-bond donors (Lipinski definition) is 1. The molecular formula is C9H10N2O. The largest absolute Gasteiger partial charge is 0.297 e. The van der Waals surface area contributed by atoms with Gasteiger partial charge in [-0.05, 0) is 24.6 Å². The van der Waals surface area contributed by atoms with Crippen LogP contribution in [0, 0.1) is 11.3 Å². The molecule has 0 saturated heterocycles. The molecular weight excluding hydrogens is 152 g/mol. The molecule has 0 bridgehead atoms. The van der Waals surface area contributed by atoms with Crippen molar-refractivity contribution in [2.45, 2.75) is 13.0 Å². The van der Waals surface area contributed by atoms with Crippen LogP contribution in [0.4, 0.5) is 0 Å². The second-order valence-electron chi connectivity index (χ2n) is 2.52. The summed E-state index contributed by atoms with van der Waals surface area (Å²) in [4.78, 5) is 4.63. The van der Waals surface area contributed by atoms with Crippen LogP contribution in [0.3, 0.4) is 0 Å². The smallest absolute Gasteiger partial charge is 0.101 e. The number of benzene rings is 1. The molecule has 0 fully saturated rings. The van der Waals surface area contributed by atoms with E-state index in [1.807, 2.05) is 25.1 Å². The average Bonchev–Trinajstić information content (AvgIpc) is 2.17. The van der Waals surface area contributed by atoms with Crippen molar-refractivity contribution >= 4 is 0 Å². The van der Waals surface area contributed by atoms with Crippen LogP contribution in [0.1, 0.15) is 24.2 Å². The lowest BCUT2D eigenvalue weighted by molar-refractivity contribution is 0.0664. The highest BCUT2D eigenvalue weighted by Gasteiger charge is 2.03. The minimum absolute atomic E-state index is 0.168. The van der Waals surface area contributed by atoms with Gasteiger partial charge in [-0.2, -0.15) is 5.26 Å². The fourth-order valence-corrected chi connectivity index (χ4v) is 0.940. The number of rotatable bonds is 2. The van der Waals surface area contributed by atoms with Crippen molar-refractivity contribution in [2.24, 2.45) is 5.90 Å². The average molecular weight is 162 g/mol. The van der Waals surface area contributed by atoms with E-state index < -0.39 is 0 Å². The molecule has 1 aromatic carbocycles. The highest BCUT2D eigenvalue weighted by Crippen LogP contribution is 2.15. The summed E-state index contributed by atoms with van der Waals surface area (Å²) in [6, 6.07) is 9.24. The SMILES string of the molecule is CC(ON)c1cccc(C#N)c1. The predicted molar refractivity (Wildman–Crippen MR) is 44.8 cm³/mol. The Morgan fingerprint density at radius 3 is 2.92 bits per heavy atom. The van der Waals surface area contributed by atoms with Gasteiger partial charge < -0.3 is 0 Å². The van der Waals surface area contributed by atoms with Crippen LogP contribution < -0.4 is 5.90 Å². The number of nitrogens with zero attached hydrogens (tertiary/aromatic N) is 1. The first kappa shape index (κ1) is 8.72. The summed E-state index contributed by atoms with van der Waals surface area (Å²) in [5.41, 5.74) is 1.54. The molecule has 0 amide bonds. The van der Waals surface area contributed by atoms with E-state index in [0.717, 1.165) is 5.56 Å². The van der Waals surface area contributed by atoms with Gasteiger partial charge in [0.1, 0.15) is 6.10 Å². The summed E-state index contributed by atoms with van der Waals surface area (Å²) in [6.07, 6.45) is -0.168. The molecule has 1 atom stereocenters. The molecule has 1 rings (SSSR count). The number of hydrogen-bond acceptors (Lipinski definition) is 3. The molecule has 0 aliphatic heterocycles. The monoisotopic (exact) mass is 162 g/mol. The zero-order valence-electron chi connectivity index (χ0n) is 6.82. The summed E-state index contributed by atoms with van der Waals surface area (Å²) in [6.45, 7) is 1.83. The number of nitriles is 1. The zero-order chi connectivity index (χ0) is 8.97. The van der Waals surface area contributed by atoms with Crippen LogP contribution in [0.2, 0.25) is 0 Å². The lowest BCUT2D eigenvalue weighted by Gasteiger charge is -2.07. The molecule has 3 nitrogen and oxygen atoms in total. The van der Waals surface area contributed by atoms with Gasteiger partial charge in [-0.25, -0.2) is 5.90 Å². The van der Waals surface area contributed by atoms with Crippen molar-refractivity contribution in [1.29, 1.82) is 5.26 Å². The third kappa shape index (κ3) is 1.82. The molecule has 0 heterocycles. The quantitative estimate of drug-likeness (QED) is 0.670. The normalized spacial score (nSPS) is 12.1. The van der Waals surface area contributed by atoms with Crippen LogP contribution in [0.25, 0.3) is 0 Å². The van der Waals surface area contributed by atoms with E-state index in [1.54, 1.807) is 12.1 Å². The molecule has 12 heavy (non-hydrogen) atoms. The topological polar surface area (TPSA) is 59.0 Å². The van der Waals surface area contributed by atoms with E-state index >= 15 is 0 Å². The predicted octanol–water partition coefficient (Wildman–Crippen LogP) is 1.51. The van der Waals surface area contributed by atoms with Crippen LogP contribution in [0.5, 0.6) is 0 Å². The molecule has 0 aliphatic carbocycles. The zero-order valence-corrected chi connectivity index (χ0v) is 6.82. The fourth-order valence-electron chi connectivity index (χ4n) is 0.940. The van der Waals surface area contributed by atoms with E-state index in [0.29, 0.717) is 5.56 Å². The van der Waals surface area contributed by atoms with E-state index in [1.165, 1.54) is 0 Å². The molecule has 1 aromatic rings. The maximum atomic E-state index is 8.59. The van der Waals surface area contributed by atoms with Crippen LogP contribution in [-0.2, 0) is 4.84 Å². The van der Waals surface area contributed by atoms with Crippen LogP contribution in [0.15, 0.2) is 24.3 Å².